The number of rotatable bonds is 2. The van der Waals surface area contributed by atoms with Gasteiger partial charge in [0.25, 0.3) is 0 Å². The van der Waals surface area contributed by atoms with Gasteiger partial charge in [0.1, 0.15) is 5.76 Å². The zero-order chi connectivity index (χ0) is 14.1. The first kappa shape index (κ1) is 12.9. The van der Waals surface area contributed by atoms with Crippen molar-refractivity contribution in [2.75, 3.05) is 11.4 Å². The van der Waals surface area contributed by atoms with E-state index in [1.54, 1.807) is 0 Å². The normalized spacial score (nSPS) is 15.7. The van der Waals surface area contributed by atoms with Gasteiger partial charge in [-0.2, -0.15) is 0 Å². The maximum absolute atomic E-state index is 12.0. The smallest absolute Gasteiger partial charge is 0.226 e. The number of amides is 1. The highest BCUT2D eigenvalue weighted by Crippen LogP contribution is 2.30. The molecule has 20 heavy (non-hydrogen) atoms. The van der Waals surface area contributed by atoms with Gasteiger partial charge in [-0.05, 0) is 44.4 Å². The van der Waals surface area contributed by atoms with Gasteiger partial charge in [0.2, 0.25) is 5.91 Å². The summed E-state index contributed by atoms with van der Waals surface area (Å²) >= 11 is 0. The minimum absolute atomic E-state index is 0.215. The average Bonchev–Trinajstić information content (AvgIpc) is 2.79. The fourth-order valence-electron chi connectivity index (χ4n) is 2.80. The molecule has 0 aliphatic carbocycles. The van der Waals surface area contributed by atoms with E-state index < -0.39 is 0 Å². The van der Waals surface area contributed by atoms with Crippen LogP contribution in [0.5, 0.6) is 0 Å². The molecule has 1 aliphatic rings. The molecular formula is C16H18N2O2. The van der Waals surface area contributed by atoms with Gasteiger partial charge in [-0.3, -0.25) is 4.79 Å². The van der Waals surface area contributed by atoms with Crippen LogP contribution in [0.3, 0.4) is 0 Å². The summed E-state index contributed by atoms with van der Waals surface area (Å²) in [5, 5.41) is 3.99. The van der Waals surface area contributed by atoms with Crippen LogP contribution in [-0.2, 0) is 4.79 Å². The molecule has 1 aromatic heterocycles. The van der Waals surface area contributed by atoms with Crippen molar-refractivity contribution < 1.29 is 9.32 Å². The van der Waals surface area contributed by atoms with Gasteiger partial charge in [-0.15, -0.1) is 0 Å². The Balaban J connectivity index is 2.00. The Morgan fingerprint density at radius 3 is 2.80 bits per heavy atom. The topological polar surface area (TPSA) is 46.3 Å². The van der Waals surface area contributed by atoms with Crippen LogP contribution in [-0.4, -0.2) is 17.6 Å². The number of anilines is 1. The van der Waals surface area contributed by atoms with E-state index in [0.717, 1.165) is 47.7 Å². The van der Waals surface area contributed by atoms with Crippen LogP contribution < -0.4 is 4.90 Å². The summed E-state index contributed by atoms with van der Waals surface area (Å²) in [6.45, 7) is 4.66. The first-order chi connectivity index (χ1) is 9.66. The van der Waals surface area contributed by atoms with Crippen molar-refractivity contribution in [1.29, 1.82) is 0 Å². The molecule has 4 heteroatoms. The molecule has 2 aromatic rings. The van der Waals surface area contributed by atoms with Crippen molar-refractivity contribution in [3.8, 4) is 11.1 Å². The van der Waals surface area contributed by atoms with Crippen molar-refractivity contribution in [2.24, 2.45) is 0 Å². The standard InChI is InChI=1S/C16H18N2O2/c1-11-16(12(2)20-17-11)13-6-5-7-14(10-13)18-9-4-3-8-15(18)19/h5-7,10H,3-4,8-9H2,1-2H3. The molecule has 4 nitrogen and oxygen atoms in total. The molecule has 1 aliphatic heterocycles. The third-order valence-electron chi connectivity index (χ3n) is 3.80. The van der Waals surface area contributed by atoms with E-state index >= 15 is 0 Å². The van der Waals surface area contributed by atoms with E-state index in [1.807, 2.05) is 36.9 Å². The maximum atomic E-state index is 12.0. The van der Waals surface area contributed by atoms with Crippen molar-refractivity contribution >= 4 is 11.6 Å². The van der Waals surface area contributed by atoms with E-state index in [1.165, 1.54) is 0 Å². The van der Waals surface area contributed by atoms with Crippen molar-refractivity contribution in [2.45, 2.75) is 33.1 Å². The Morgan fingerprint density at radius 2 is 2.10 bits per heavy atom. The summed E-state index contributed by atoms with van der Waals surface area (Å²) in [7, 11) is 0. The van der Waals surface area contributed by atoms with Gasteiger partial charge in [-0.25, -0.2) is 0 Å². The molecule has 0 unspecified atom stereocenters. The number of aryl methyl sites for hydroxylation is 2. The summed E-state index contributed by atoms with van der Waals surface area (Å²) < 4.78 is 5.23. The molecule has 1 fully saturated rings. The van der Waals surface area contributed by atoms with Crippen LogP contribution >= 0.6 is 0 Å². The monoisotopic (exact) mass is 270 g/mol. The molecule has 0 radical (unpaired) electrons. The molecule has 104 valence electrons. The molecule has 0 N–H and O–H groups in total. The van der Waals surface area contributed by atoms with Crippen LogP contribution in [0, 0.1) is 13.8 Å². The lowest BCUT2D eigenvalue weighted by Crippen LogP contribution is -2.35. The second-order valence-corrected chi connectivity index (χ2v) is 5.25. The Hall–Kier alpha value is -2.10. The van der Waals surface area contributed by atoms with Crippen LogP contribution in [0.1, 0.15) is 30.7 Å². The third kappa shape index (κ3) is 2.22. The Bertz CT molecular complexity index is 626. The molecule has 0 spiro atoms. The number of carbonyl (C=O) groups is 1. The molecule has 0 saturated carbocycles. The summed E-state index contributed by atoms with van der Waals surface area (Å²) in [5.74, 6) is 1.02. The second-order valence-electron chi connectivity index (χ2n) is 5.25. The number of carbonyl (C=O) groups excluding carboxylic acids is 1. The molecule has 1 saturated heterocycles. The largest absolute Gasteiger partial charge is 0.361 e. The SMILES string of the molecule is Cc1noc(C)c1-c1cccc(N2CCCCC2=O)c1. The fraction of sp³-hybridized carbons (Fsp3) is 0.375. The van der Waals surface area contributed by atoms with E-state index in [2.05, 4.69) is 11.2 Å². The molecule has 2 heterocycles. The van der Waals surface area contributed by atoms with E-state index in [4.69, 9.17) is 4.52 Å². The second kappa shape index (κ2) is 5.12. The molecule has 1 amide bonds. The van der Waals surface area contributed by atoms with Gasteiger partial charge in [0.05, 0.1) is 5.69 Å². The molecule has 1 aromatic carbocycles. The molecule has 0 atom stereocenters. The zero-order valence-electron chi connectivity index (χ0n) is 11.8. The van der Waals surface area contributed by atoms with E-state index in [9.17, 15) is 4.79 Å². The molecule has 3 rings (SSSR count). The minimum Gasteiger partial charge on any atom is -0.361 e. The summed E-state index contributed by atoms with van der Waals surface area (Å²) in [4.78, 5) is 13.9. The number of piperidine rings is 1. The quantitative estimate of drug-likeness (QED) is 0.839. The van der Waals surface area contributed by atoms with E-state index in [-0.39, 0.29) is 5.91 Å². The van der Waals surface area contributed by atoms with Crippen molar-refractivity contribution in [3.05, 3.63) is 35.7 Å². The van der Waals surface area contributed by atoms with Gasteiger partial charge in [0.15, 0.2) is 0 Å². The van der Waals surface area contributed by atoms with Crippen molar-refractivity contribution in [1.82, 2.24) is 5.16 Å². The lowest BCUT2D eigenvalue weighted by Gasteiger charge is -2.27. The fourth-order valence-corrected chi connectivity index (χ4v) is 2.80. The minimum atomic E-state index is 0.215. The summed E-state index contributed by atoms with van der Waals surface area (Å²) in [5.41, 5.74) is 3.92. The highest BCUT2D eigenvalue weighted by Gasteiger charge is 2.20. The highest BCUT2D eigenvalue weighted by atomic mass is 16.5. The van der Waals surface area contributed by atoms with Gasteiger partial charge in [-0.1, -0.05) is 17.3 Å². The predicted octanol–water partition coefficient (Wildman–Crippen LogP) is 3.48. The Kier molecular flexibility index (Phi) is 3.30. The maximum Gasteiger partial charge on any atom is 0.226 e. The van der Waals surface area contributed by atoms with Crippen LogP contribution in [0.25, 0.3) is 11.1 Å². The number of hydrogen-bond donors (Lipinski definition) is 0. The van der Waals surface area contributed by atoms with Gasteiger partial charge in [0, 0.05) is 24.2 Å². The first-order valence-corrected chi connectivity index (χ1v) is 7.00. The summed E-state index contributed by atoms with van der Waals surface area (Å²) in [6.07, 6.45) is 2.72. The van der Waals surface area contributed by atoms with Crippen LogP contribution in [0.4, 0.5) is 5.69 Å². The number of hydrogen-bond acceptors (Lipinski definition) is 3. The number of nitrogens with zero attached hydrogens (tertiary/aromatic N) is 2. The number of benzene rings is 1. The predicted molar refractivity (Wildman–Crippen MR) is 77.6 cm³/mol. The van der Waals surface area contributed by atoms with Gasteiger partial charge < -0.3 is 9.42 Å². The average molecular weight is 270 g/mol. The Morgan fingerprint density at radius 1 is 1.25 bits per heavy atom. The lowest BCUT2D eigenvalue weighted by atomic mass is 10.0. The zero-order valence-corrected chi connectivity index (χ0v) is 11.8. The number of aromatic nitrogens is 1. The highest BCUT2D eigenvalue weighted by molar-refractivity contribution is 5.94. The summed E-state index contributed by atoms with van der Waals surface area (Å²) in [6, 6.07) is 8.06. The molecular weight excluding hydrogens is 252 g/mol. The van der Waals surface area contributed by atoms with Crippen molar-refractivity contribution in [3.63, 3.8) is 0 Å². The van der Waals surface area contributed by atoms with Crippen LogP contribution in [0.15, 0.2) is 28.8 Å². The van der Waals surface area contributed by atoms with E-state index in [0.29, 0.717) is 6.42 Å². The lowest BCUT2D eigenvalue weighted by molar-refractivity contribution is -0.119. The first-order valence-electron chi connectivity index (χ1n) is 7.00. The molecule has 0 bridgehead atoms. The third-order valence-corrected chi connectivity index (χ3v) is 3.80. The Labute approximate surface area is 118 Å². The van der Waals surface area contributed by atoms with Crippen LogP contribution in [0.2, 0.25) is 0 Å². The van der Waals surface area contributed by atoms with Gasteiger partial charge >= 0.3 is 0 Å².